The summed E-state index contributed by atoms with van der Waals surface area (Å²) in [6, 6.07) is 12.3. The molecule has 1 aliphatic carbocycles. The molecule has 0 saturated heterocycles. The van der Waals surface area contributed by atoms with E-state index in [9.17, 15) is 9.18 Å². The van der Waals surface area contributed by atoms with Crippen molar-refractivity contribution in [3.05, 3.63) is 82.4 Å². The minimum Gasteiger partial charge on any atom is -0.495 e. The van der Waals surface area contributed by atoms with Crippen molar-refractivity contribution in [1.29, 1.82) is 0 Å². The van der Waals surface area contributed by atoms with Crippen molar-refractivity contribution in [3.63, 3.8) is 0 Å². The fraction of sp³-hybridized carbons (Fsp3) is 0.222. The Hall–Kier alpha value is -3.45. The third-order valence-corrected chi connectivity index (χ3v) is 6.56. The van der Waals surface area contributed by atoms with Gasteiger partial charge in [0.25, 0.3) is 0 Å². The number of methoxy groups -OCH3 is 2. The van der Waals surface area contributed by atoms with Gasteiger partial charge >= 0.3 is 0 Å². The molecule has 34 heavy (non-hydrogen) atoms. The van der Waals surface area contributed by atoms with Crippen molar-refractivity contribution in [2.75, 3.05) is 14.2 Å². The maximum Gasteiger partial charge on any atom is 0.224 e. The lowest BCUT2D eigenvalue weighted by Gasteiger charge is -2.11. The van der Waals surface area contributed by atoms with E-state index in [1.165, 1.54) is 12.1 Å². The Morgan fingerprint density at radius 3 is 2.44 bits per heavy atom. The molecule has 1 amide bonds. The normalized spacial score (nSPS) is 13.9. The van der Waals surface area contributed by atoms with Gasteiger partial charge in [-0.15, -0.1) is 12.6 Å². The van der Waals surface area contributed by atoms with Gasteiger partial charge in [0, 0.05) is 18.9 Å². The lowest BCUT2D eigenvalue weighted by atomic mass is 10.0. The molecule has 4 rings (SSSR count). The summed E-state index contributed by atoms with van der Waals surface area (Å²) in [6.07, 6.45) is 4.09. The molecule has 1 N–H and O–H groups in total. The minimum absolute atomic E-state index is 0.116. The predicted molar refractivity (Wildman–Crippen MR) is 136 cm³/mol. The molecule has 0 unspecified atom stereocenters. The van der Waals surface area contributed by atoms with Gasteiger partial charge in [-0.05, 0) is 82.8 Å². The predicted octanol–water partition coefficient (Wildman–Crippen LogP) is 5.50. The van der Waals surface area contributed by atoms with Crippen LogP contribution in [0.15, 0.2) is 59.1 Å². The van der Waals surface area contributed by atoms with Gasteiger partial charge in [-0.25, -0.2) is 4.39 Å². The SMILES string of the molecule is COc1cc(/C=C2\C(C)=C(CC(=O)NCc3cccn3C)c3cc(F)ccc32)cc(OC)c1S. The summed E-state index contributed by atoms with van der Waals surface area (Å²) in [4.78, 5) is 13.4. The van der Waals surface area contributed by atoms with E-state index in [2.05, 4.69) is 17.9 Å². The molecule has 0 aliphatic heterocycles. The van der Waals surface area contributed by atoms with Crippen LogP contribution in [-0.2, 0) is 18.4 Å². The van der Waals surface area contributed by atoms with Crippen LogP contribution < -0.4 is 14.8 Å². The van der Waals surface area contributed by atoms with Crippen molar-refractivity contribution in [2.45, 2.75) is 24.8 Å². The first-order valence-corrected chi connectivity index (χ1v) is 11.3. The van der Waals surface area contributed by atoms with Gasteiger partial charge in [0.15, 0.2) is 0 Å². The fourth-order valence-corrected chi connectivity index (χ4v) is 4.55. The maximum atomic E-state index is 14.2. The molecule has 1 aromatic heterocycles. The van der Waals surface area contributed by atoms with E-state index in [1.54, 1.807) is 20.3 Å². The molecule has 7 heteroatoms. The van der Waals surface area contributed by atoms with Gasteiger partial charge in [0.1, 0.15) is 17.3 Å². The highest BCUT2D eigenvalue weighted by Crippen LogP contribution is 2.44. The third-order valence-electron chi connectivity index (χ3n) is 6.12. The van der Waals surface area contributed by atoms with E-state index in [0.717, 1.165) is 39.1 Å². The Balaban J connectivity index is 1.69. The molecule has 5 nitrogen and oxygen atoms in total. The number of hydrogen-bond acceptors (Lipinski definition) is 4. The fourth-order valence-electron chi connectivity index (χ4n) is 4.24. The number of carbonyl (C=O) groups excluding carboxylic acids is 1. The Kier molecular flexibility index (Phi) is 6.84. The molecular weight excluding hydrogens is 451 g/mol. The molecule has 1 heterocycles. The number of rotatable bonds is 7. The summed E-state index contributed by atoms with van der Waals surface area (Å²) in [5.74, 6) is 0.731. The zero-order valence-electron chi connectivity index (χ0n) is 19.6. The minimum atomic E-state index is -0.336. The number of allylic oxidation sites excluding steroid dienone is 2. The van der Waals surface area contributed by atoms with E-state index in [4.69, 9.17) is 9.47 Å². The average Bonchev–Trinajstić information content (AvgIpc) is 3.34. The molecule has 0 radical (unpaired) electrons. The average molecular weight is 479 g/mol. The molecule has 3 aromatic rings. The second-order valence-corrected chi connectivity index (χ2v) is 8.64. The molecule has 1 aliphatic rings. The number of ether oxygens (including phenoxy) is 2. The Bertz CT molecular complexity index is 1300. The summed E-state index contributed by atoms with van der Waals surface area (Å²) in [7, 11) is 5.10. The number of nitrogens with zero attached hydrogens (tertiary/aromatic N) is 1. The summed E-state index contributed by atoms with van der Waals surface area (Å²) < 4.78 is 27.0. The number of amides is 1. The van der Waals surface area contributed by atoms with Gasteiger partial charge in [-0.3, -0.25) is 4.79 Å². The van der Waals surface area contributed by atoms with Crippen molar-refractivity contribution < 1.29 is 18.7 Å². The lowest BCUT2D eigenvalue weighted by molar-refractivity contribution is -0.120. The van der Waals surface area contributed by atoms with E-state index < -0.39 is 0 Å². The Morgan fingerprint density at radius 1 is 1.12 bits per heavy atom. The van der Waals surface area contributed by atoms with Crippen LogP contribution in [0.4, 0.5) is 4.39 Å². The first-order chi connectivity index (χ1) is 16.3. The first kappa shape index (κ1) is 23.7. The number of halogens is 1. The number of benzene rings is 2. The third kappa shape index (κ3) is 4.61. The standard InChI is InChI=1S/C27H27FN2O3S/c1-16-21(10-17-11-24(32-3)27(34)25(12-17)33-4)20-8-7-18(28)13-23(20)22(16)14-26(31)29-15-19-6-5-9-30(19)2/h5-13,34H,14-15H2,1-4H3,(H,29,31)/b21-10+. The smallest absolute Gasteiger partial charge is 0.224 e. The number of hydrogen-bond donors (Lipinski definition) is 2. The molecule has 2 aromatic carbocycles. The van der Waals surface area contributed by atoms with Crippen LogP contribution in [0.2, 0.25) is 0 Å². The Morgan fingerprint density at radius 2 is 1.82 bits per heavy atom. The summed E-state index contributed by atoms with van der Waals surface area (Å²) >= 11 is 4.47. The van der Waals surface area contributed by atoms with E-state index in [0.29, 0.717) is 22.9 Å². The topological polar surface area (TPSA) is 52.5 Å². The van der Waals surface area contributed by atoms with E-state index in [-0.39, 0.29) is 18.1 Å². The molecule has 0 fully saturated rings. The second kappa shape index (κ2) is 9.81. The molecule has 0 saturated carbocycles. The maximum absolute atomic E-state index is 14.2. The monoisotopic (exact) mass is 478 g/mol. The van der Waals surface area contributed by atoms with E-state index >= 15 is 0 Å². The van der Waals surface area contributed by atoms with Crippen LogP contribution in [-0.4, -0.2) is 24.7 Å². The van der Waals surface area contributed by atoms with Gasteiger partial charge in [-0.1, -0.05) is 6.07 Å². The number of nitrogens with one attached hydrogen (secondary N) is 1. The van der Waals surface area contributed by atoms with Gasteiger partial charge in [0.2, 0.25) is 5.91 Å². The van der Waals surface area contributed by atoms with Gasteiger partial charge < -0.3 is 19.4 Å². The van der Waals surface area contributed by atoms with Crippen LogP contribution in [0, 0.1) is 5.82 Å². The number of aromatic nitrogens is 1. The van der Waals surface area contributed by atoms with Crippen molar-refractivity contribution >= 4 is 35.8 Å². The van der Waals surface area contributed by atoms with Crippen molar-refractivity contribution in [1.82, 2.24) is 9.88 Å². The second-order valence-electron chi connectivity index (χ2n) is 8.19. The molecule has 0 atom stereocenters. The highest BCUT2D eigenvalue weighted by Gasteiger charge is 2.26. The Labute approximate surface area is 204 Å². The van der Waals surface area contributed by atoms with Crippen molar-refractivity contribution in [2.24, 2.45) is 7.05 Å². The highest BCUT2D eigenvalue weighted by atomic mass is 32.1. The van der Waals surface area contributed by atoms with Crippen LogP contribution >= 0.6 is 12.6 Å². The van der Waals surface area contributed by atoms with Crippen molar-refractivity contribution in [3.8, 4) is 11.5 Å². The number of carbonyl (C=O) groups is 1. The van der Waals surface area contributed by atoms with E-state index in [1.807, 2.05) is 55.1 Å². The summed E-state index contributed by atoms with van der Waals surface area (Å²) in [5.41, 5.74) is 6.16. The van der Waals surface area contributed by atoms with Crippen LogP contribution in [0.3, 0.4) is 0 Å². The zero-order chi connectivity index (χ0) is 24.4. The van der Waals surface area contributed by atoms with Gasteiger partial charge in [0.05, 0.1) is 32.1 Å². The van der Waals surface area contributed by atoms with Gasteiger partial charge in [-0.2, -0.15) is 0 Å². The van der Waals surface area contributed by atoms with Crippen LogP contribution in [0.1, 0.15) is 35.7 Å². The molecular formula is C27H27FN2O3S. The quantitative estimate of drug-likeness (QED) is 0.441. The molecule has 176 valence electrons. The molecule has 0 spiro atoms. The highest BCUT2D eigenvalue weighted by molar-refractivity contribution is 7.80. The lowest BCUT2D eigenvalue weighted by Crippen LogP contribution is -2.23. The summed E-state index contributed by atoms with van der Waals surface area (Å²) in [5, 5.41) is 2.97. The number of thiol groups is 1. The van der Waals surface area contributed by atoms with Crippen LogP contribution in [0.5, 0.6) is 11.5 Å². The first-order valence-electron chi connectivity index (χ1n) is 10.9. The van der Waals surface area contributed by atoms with Crippen LogP contribution in [0.25, 0.3) is 17.2 Å². The number of fused-ring (bicyclic) bond motifs is 1. The summed E-state index contributed by atoms with van der Waals surface area (Å²) in [6.45, 7) is 2.40. The zero-order valence-corrected chi connectivity index (χ0v) is 20.5. The largest absolute Gasteiger partial charge is 0.495 e. The molecule has 0 bridgehead atoms. The number of aryl methyl sites for hydroxylation is 1.